The maximum absolute atomic E-state index is 11.0. The van der Waals surface area contributed by atoms with Gasteiger partial charge in [-0.1, -0.05) is 0 Å². The van der Waals surface area contributed by atoms with Crippen LogP contribution in [0.2, 0.25) is 0 Å². The summed E-state index contributed by atoms with van der Waals surface area (Å²) < 4.78 is 4.95. The number of aromatic nitrogens is 1. The van der Waals surface area contributed by atoms with Crippen LogP contribution in [0.3, 0.4) is 0 Å². The van der Waals surface area contributed by atoms with Gasteiger partial charge in [-0.15, -0.1) is 0 Å². The zero-order valence-corrected chi connectivity index (χ0v) is 6.94. The third kappa shape index (κ3) is 1.07. The Hall–Kier alpha value is -1.84. The van der Waals surface area contributed by atoms with Gasteiger partial charge in [-0.25, -0.2) is 4.98 Å². The molecule has 0 unspecified atom stereocenters. The first-order chi connectivity index (χ1) is 6.20. The zero-order chi connectivity index (χ0) is 9.42. The summed E-state index contributed by atoms with van der Waals surface area (Å²) in [5, 5.41) is 9.57. The lowest BCUT2D eigenvalue weighted by atomic mass is 10.1. The number of ketones is 1. The third-order valence-corrected chi connectivity index (χ3v) is 1.85. The van der Waals surface area contributed by atoms with E-state index in [1.807, 2.05) is 0 Å². The van der Waals surface area contributed by atoms with Gasteiger partial charge in [0.15, 0.2) is 29.0 Å². The normalized spacial score (nSPS) is 10.5. The summed E-state index contributed by atoms with van der Waals surface area (Å²) in [6.45, 7) is 1.39. The van der Waals surface area contributed by atoms with Crippen molar-refractivity contribution in [1.82, 2.24) is 4.98 Å². The first-order valence-corrected chi connectivity index (χ1v) is 3.76. The standard InChI is InChI=1S/C9H7NO3/c1-5(11)6-2-3-7-8(9(6)12)10-4-13-7/h2-4,12H,1H3. The highest BCUT2D eigenvalue weighted by atomic mass is 16.3. The van der Waals surface area contributed by atoms with Gasteiger partial charge in [0.2, 0.25) is 0 Å². The number of hydrogen-bond donors (Lipinski definition) is 1. The number of benzene rings is 1. The second kappa shape index (κ2) is 2.58. The fourth-order valence-corrected chi connectivity index (χ4v) is 1.20. The summed E-state index contributed by atoms with van der Waals surface area (Å²) in [7, 11) is 0. The molecule has 66 valence electrons. The Bertz CT molecular complexity index is 473. The molecule has 0 amide bonds. The SMILES string of the molecule is CC(=O)c1ccc2ocnc2c1O. The number of fused-ring (bicyclic) bond motifs is 1. The first kappa shape index (κ1) is 7.79. The summed E-state index contributed by atoms with van der Waals surface area (Å²) in [6.07, 6.45) is 1.23. The van der Waals surface area contributed by atoms with Crippen molar-refractivity contribution in [3.05, 3.63) is 24.1 Å². The molecule has 13 heavy (non-hydrogen) atoms. The molecule has 1 heterocycles. The van der Waals surface area contributed by atoms with Crippen LogP contribution >= 0.6 is 0 Å². The van der Waals surface area contributed by atoms with Gasteiger partial charge >= 0.3 is 0 Å². The minimum atomic E-state index is -0.192. The molecule has 0 bridgehead atoms. The van der Waals surface area contributed by atoms with Crippen LogP contribution in [0, 0.1) is 0 Å². The summed E-state index contributed by atoms with van der Waals surface area (Å²) in [5.74, 6) is -0.304. The molecule has 2 rings (SSSR count). The molecule has 0 fully saturated rings. The van der Waals surface area contributed by atoms with E-state index in [0.29, 0.717) is 11.1 Å². The Labute approximate surface area is 73.8 Å². The fraction of sp³-hybridized carbons (Fsp3) is 0.111. The fourth-order valence-electron chi connectivity index (χ4n) is 1.20. The van der Waals surface area contributed by atoms with Crippen LogP contribution in [0.5, 0.6) is 5.75 Å². The quantitative estimate of drug-likeness (QED) is 0.674. The Morgan fingerprint density at radius 3 is 3.00 bits per heavy atom. The van der Waals surface area contributed by atoms with E-state index in [-0.39, 0.29) is 17.1 Å². The van der Waals surface area contributed by atoms with E-state index in [1.165, 1.54) is 19.4 Å². The lowest BCUT2D eigenvalue weighted by molar-refractivity contribution is 0.101. The van der Waals surface area contributed by atoms with Crippen molar-refractivity contribution in [3.63, 3.8) is 0 Å². The number of phenolic OH excluding ortho intramolecular Hbond substituents is 1. The molecule has 0 aliphatic carbocycles. The number of rotatable bonds is 1. The number of oxazole rings is 1. The van der Waals surface area contributed by atoms with Crippen molar-refractivity contribution in [3.8, 4) is 5.75 Å². The van der Waals surface area contributed by atoms with Crippen molar-refractivity contribution in [2.75, 3.05) is 0 Å². The summed E-state index contributed by atoms with van der Waals surface area (Å²) in [5.41, 5.74) is 1.07. The van der Waals surface area contributed by atoms with E-state index in [4.69, 9.17) is 4.42 Å². The number of nitrogens with zero attached hydrogens (tertiary/aromatic N) is 1. The van der Waals surface area contributed by atoms with Crippen LogP contribution in [0.4, 0.5) is 0 Å². The summed E-state index contributed by atoms with van der Waals surface area (Å²) in [6, 6.07) is 3.13. The van der Waals surface area contributed by atoms with Crippen LogP contribution in [0.1, 0.15) is 17.3 Å². The molecule has 0 aliphatic heterocycles. The Morgan fingerprint density at radius 2 is 2.31 bits per heavy atom. The van der Waals surface area contributed by atoms with E-state index in [2.05, 4.69) is 4.98 Å². The molecule has 1 aromatic carbocycles. The van der Waals surface area contributed by atoms with Gasteiger partial charge < -0.3 is 9.52 Å². The molecule has 2 aromatic rings. The van der Waals surface area contributed by atoms with Crippen molar-refractivity contribution >= 4 is 16.9 Å². The van der Waals surface area contributed by atoms with E-state index < -0.39 is 0 Å². The van der Waals surface area contributed by atoms with Gasteiger partial charge in [-0.05, 0) is 19.1 Å². The van der Waals surface area contributed by atoms with E-state index in [9.17, 15) is 9.90 Å². The maximum Gasteiger partial charge on any atom is 0.182 e. The average molecular weight is 177 g/mol. The summed E-state index contributed by atoms with van der Waals surface area (Å²) >= 11 is 0. The average Bonchev–Trinajstić information content (AvgIpc) is 2.52. The monoisotopic (exact) mass is 177 g/mol. The van der Waals surface area contributed by atoms with E-state index >= 15 is 0 Å². The van der Waals surface area contributed by atoms with Gasteiger partial charge in [-0.3, -0.25) is 4.79 Å². The number of carbonyl (C=O) groups is 1. The minimum Gasteiger partial charge on any atom is -0.505 e. The van der Waals surface area contributed by atoms with Crippen LogP contribution in [0.25, 0.3) is 11.1 Å². The second-order valence-electron chi connectivity index (χ2n) is 2.72. The van der Waals surface area contributed by atoms with Gasteiger partial charge in [0.05, 0.1) is 5.56 Å². The molecular weight excluding hydrogens is 170 g/mol. The van der Waals surface area contributed by atoms with Crippen molar-refractivity contribution in [2.24, 2.45) is 0 Å². The van der Waals surface area contributed by atoms with Crippen molar-refractivity contribution in [1.29, 1.82) is 0 Å². The molecule has 0 spiro atoms. The summed E-state index contributed by atoms with van der Waals surface area (Å²) in [4.78, 5) is 14.8. The molecule has 0 radical (unpaired) electrons. The molecule has 4 heteroatoms. The molecule has 0 aliphatic rings. The van der Waals surface area contributed by atoms with Gasteiger partial charge in [0, 0.05) is 0 Å². The molecule has 0 saturated heterocycles. The highest BCUT2D eigenvalue weighted by Crippen LogP contribution is 2.27. The smallest absolute Gasteiger partial charge is 0.182 e. The first-order valence-electron chi connectivity index (χ1n) is 3.76. The Morgan fingerprint density at radius 1 is 1.54 bits per heavy atom. The molecule has 1 N–H and O–H groups in total. The number of aromatic hydroxyl groups is 1. The zero-order valence-electron chi connectivity index (χ0n) is 6.94. The number of carbonyl (C=O) groups excluding carboxylic acids is 1. The maximum atomic E-state index is 11.0. The molecule has 4 nitrogen and oxygen atoms in total. The second-order valence-corrected chi connectivity index (χ2v) is 2.72. The van der Waals surface area contributed by atoms with Gasteiger partial charge in [-0.2, -0.15) is 0 Å². The lowest BCUT2D eigenvalue weighted by Crippen LogP contribution is -1.92. The lowest BCUT2D eigenvalue weighted by Gasteiger charge is -1.98. The van der Waals surface area contributed by atoms with E-state index in [0.717, 1.165) is 0 Å². The van der Waals surface area contributed by atoms with Crippen LogP contribution in [-0.4, -0.2) is 15.9 Å². The predicted octanol–water partition coefficient (Wildman–Crippen LogP) is 1.74. The molecule has 0 saturated carbocycles. The largest absolute Gasteiger partial charge is 0.505 e. The van der Waals surface area contributed by atoms with Crippen molar-refractivity contribution in [2.45, 2.75) is 6.92 Å². The number of Topliss-reactive ketones (excluding diaryl/α,β-unsaturated/α-hetero) is 1. The van der Waals surface area contributed by atoms with Crippen molar-refractivity contribution < 1.29 is 14.3 Å². The van der Waals surface area contributed by atoms with Crippen LogP contribution in [-0.2, 0) is 0 Å². The highest BCUT2D eigenvalue weighted by Gasteiger charge is 2.12. The predicted molar refractivity (Wildman–Crippen MR) is 45.7 cm³/mol. The van der Waals surface area contributed by atoms with Crippen LogP contribution < -0.4 is 0 Å². The molecular formula is C9H7NO3. The minimum absolute atomic E-state index is 0.112. The molecule has 1 aromatic heterocycles. The highest BCUT2D eigenvalue weighted by molar-refractivity contribution is 6.01. The van der Waals surface area contributed by atoms with E-state index in [1.54, 1.807) is 6.07 Å². The van der Waals surface area contributed by atoms with Crippen LogP contribution in [0.15, 0.2) is 22.9 Å². The third-order valence-electron chi connectivity index (χ3n) is 1.85. The Kier molecular flexibility index (Phi) is 1.55. The molecule has 0 atom stereocenters. The number of phenols is 1. The van der Waals surface area contributed by atoms with Gasteiger partial charge in [0.25, 0.3) is 0 Å². The topological polar surface area (TPSA) is 63.3 Å². The number of hydrogen-bond acceptors (Lipinski definition) is 4. The van der Waals surface area contributed by atoms with Gasteiger partial charge in [0.1, 0.15) is 0 Å². The Balaban J connectivity index is 2.80.